The molecule has 0 N–H and O–H groups in total. The van der Waals surface area contributed by atoms with Gasteiger partial charge in [0.25, 0.3) is 0 Å². The fraction of sp³-hybridized carbons (Fsp3) is 1.00. The van der Waals surface area contributed by atoms with Gasteiger partial charge in [0.05, 0.1) is 0 Å². The van der Waals surface area contributed by atoms with Crippen LogP contribution < -0.4 is 0 Å². The van der Waals surface area contributed by atoms with Crippen LogP contribution in [0.4, 0.5) is 0 Å². The monoisotopic (exact) mass is 204 g/mol. The molecule has 0 aromatic rings. The molecule has 0 spiro atoms. The Hall–Kier alpha value is 0.530. The van der Waals surface area contributed by atoms with Crippen LogP contribution in [0.25, 0.3) is 0 Å². The lowest BCUT2D eigenvalue weighted by molar-refractivity contribution is 0.440. The Kier molecular flexibility index (Phi) is 3.03. The lowest BCUT2D eigenvalue weighted by atomic mass is 10.0. The summed E-state index contributed by atoms with van der Waals surface area (Å²) >= 11 is 5.51. The maximum Gasteiger partial charge on any atom is 0.249 e. The summed E-state index contributed by atoms with van der Waals surface area (Å²) in [4.78, 5) is 0. The summed E-state index contributed by atoms with van der Waals surface area (Å²) in [5.41, 5.74) is -0.512. The molecule has 0 fully saturated rings. The van der Waals surface area contributed by atoms with Gasteiger partial charge in [0.1, 0.15) is 0 Å². The van der Waals surface area contributed by atoms with E-state index in [1.54, 1.807) is 20.8 Å². The second kappa shape index (κ2) is 2.88. The molecule has 1 unspecified atom stereocenters. The van der Waals surface area contributed by atoms with Gasteiger partial charge in [-0.05, 0) is 5.41 Å². The van der Waals surface area contributed by atoms with Gasteiger partial charge in [0.15, 0.2) is 4.71 Å². The second-order valence-electron chi connectivity index (χ2n) is 3.16. The molecule has 0 amide bonds. The topological polar surface area (TPSA) is 34.1 Å². The molecular weight excluding hydrogens is 195 g/mol. The molecule has 0 rings (SSSR count). The Morgan fingerprint density at radius 1 is 1.30 bits per heavy atom. The van der Waals surface area contributed by atoms with E-state index < -0.39 is 19.2 Å². The molecule has 10 heavy (non-hydrogen) atoms. The third-order valence-electron chi connectivity index (χ3n) is 0.928. The predicted octanol–water partition coefficient (Wildman–Crippen LogP) is 2.17. The summed E-state index contributed by atoms with van der Waals surface area (Å²) in [6.07, 6.45) is 0. The van der Waals surface area contributed by atoms with E-state index >= 15 is 0 Å². The Balaban J connectivity index is 4.56. The fourth-order valence-electron chi connectivity index (χ4n) is 0.422. The third kappa shape index (κ3) is 3.08. The van der Waals surface area contributed by atoms with Crippen LogP contribution in [0.5, 0.6) is 0 Å². The van der Waals surface area contributed by atoms with Gasteiger partial charge in [-0.2, -0.15) is 0 Å². The van der Waals surface area contributed by atoms with E-state index in [0.29, 0.717) is 0 Å². The molecule has 1 atom stereocenters. The first-order valence-electron chi connectivity index (χ1n) is 2.73. The maximum absolute atomic E-state index is 10.6. The molecule has 0 saturated carbocycles. The maximum atomic E-state index is 10.6. The van der Waals surface area contributed by atoms with E-state index in [2.05, 4.69) is 0 Å². The SMILES string of the molecule is CC(C)(C)C(Cl)S(=O)(=O)Cl. The molecule has 0 bridgehead atoms. The average molecular weight is 205 g/mol. The zero-order chi connectivity index (χ0) is 8.58. The van der Waals surface area contributed by atoms with Crippen molar-refractivity contribution in [3.8, 4) is 0 Å². The van der Waals surface area contributed by atoms with Crippen molar-refractivity contribution in [2.24, 2.45) is 5.41 Å². The largest absolute Gasteiger partial charge is 0.249 e. The summed E-state index contributed by atoms with van der Waals surface area (Å²) in [6.45, 7) is 5.14. The van der Waals surface area contributed by atoms with Crippen LogP contribution in [-0.2, 0) is 9.05 Å². The molecule has 0 aliphatic rings. The molecule has 0 aliphatic heterocycles. The number of hydrogen-bond acceptors (Lipinski definition) is 2. The average Bonchev–Trinajstić information content (AvgIpc) is 1.59. The Bertz CT molecular complexity index is 202. The van der Waals surface area contributed by atoms with Crippen molar-refractivity contribution in [2.45, 2.75) is 25.5 Å². The zero-order valence-corrected chi connectivity index (χ0v) is 8.39. The van der Waals surface area contributed by atoms with Gasteiger partial charge < -0.3 is 0 Å². The first kappa shape index (κ1) is 10.5. The van der Waals surface area contributed by atoms with E-state index in [0.717, 1.165) is 0 Å². The van der Waals surface area contributed by atoms with Gasteiger partial charge in [-0.1, -0.05) is 20.8 Å². The summed E-state index contributed by atoms with van der Waals surface area (Å²) < 4.78 is 20.2. The molecule has 0 saturated heterocycles. The molecule has 5 heteroatoms. The Morgan fingerprint density at radius 3 is 1.60 bits per heavy atom. The lowest BCUT2D eigenvalue weighted by Crippen LogP contribution is -2.25. The molecule has 0 aliphatic carbocycles. The summed E-state index contributed by atoms with van der Waals surface area (Å²) in [6, 6.07) is 0. The standard InChI is InChI=1S/C5H10Cl2O2S/c1-5(2,3)4(6)10(7,8)9/h4H,1-3H3. The van der Waals surface area contributed by atoms with E-state index in [1.165, 1.54) is 0 Å². The van der Waals surface area contributed by atoms with Crippen molar-refractivity contribution in [1.82, 2.24) is 0 Å². The van der Waals surface area contributed by atoms with Gasteiger partial charge in [-0.3, -0.25) is 0 Å². The summed E-state index contributed by atoms with van der Waals surface area (Å²) in [5.74, 6) is 0. The number of alkyl halides is 1. The molecule has 2 nitrogen and oxygen atoms in total. The van der Waals surface area contributed by atoms with Crippen molar-refractivity contribution in [1.29, 1.82) is 0 Å². The highest BCUT2D eigenvalue weighted by atomic mass is 35.7. The van der Waals surface area contributed by atoms with Crippen LogP contribution >= 0.6 is 22.3 Å². The van der Waals surface area contributed by atoms with Crippen LogP contribution in [0.3, 0.4) is 0 Å². The van der Waals surface area contributed by atoms with Crippen LogP contribution in [0.1, 0.15) is 20.8 Å². The second-order valence-corrected chi connectivity index (χ2v) is 6.57. The molecule has 0 aromatic heterocycles. The first-order valence-corrected chi connectivity index (χ1v) is 5.54. The van der Waals surface area contributed by atoms with Gasteiger partial charge in [0, 0.05) is 10.7 Å². The molecular formula is C5H10Cl2O2S. The third-order valence-corrected chi connectivity index (χ3v) is 4.30. The van der Waals surface area contributed by atoms with Crippen LogP contribution in [0.15, 0.2) is 0 Å². The molecule has 0 radical (unpaired) electrons. The van der Waals surface area contributed by atoms with Crippen molar-refractivity contribution in [3.05, 3.63) is 0 Å². The van der Waals surface area contributed by atoms with E-state index in [4.69, 9.17) is 22.3 Å². The van der Waals surface area contributed by atoms with Crippen molar-refractivity contribution in [2.75, 3.05) is 0 Å². The Morgan fingerprint density at radius 2 is 1.60 bits per heavy atom. The highest BCUT2D eigenvalue weighted by Gasteiger charge is 2.32. The van der Waals surface area contributed by atoms with Gasteiger partial charge in [-0.15, -0.1) is 11.6 Å². The number of rotatable bonds is 1. The lowest BCUT2D eigenvalue weighted by Gasteiger charge is -2.21. The summed E-state index contributed by atoms with van der Waals surface area (Å²) in [5, 5.41) is 0. The zero-order valence-electron chi connectivity index (χ0n) is 6.06. The normalized spacial score (nSPS) is 16.9. The number of hydrogen-bond donors (Lipinski definition) is 0. The predicted molar refractivity (Wildman–Crippen MR) is 43.9 cm³/mol. The van der Waals surface area contributed by atoms with Crippen LogP contribution in [-0.4, -0.2) is 13.1 Å². The summed E-state index contributed by atoms with van der Waals surface area (Å²) in [7, 11) is 1.39. The smallest absolute Gasteiger partial charge is 0.211 e. The van der Waals surface area contributed by atoms with Crippen molar-refractivity contribution in [3.63, 3.8) is 0 Å². The van der Waals surface area contributed by atoms with E-state index in [1.807, 2.05) is 0 Å². The van der Waals surface area contributed by atoms with E-state index in [9.17, 15) is 8.42 Å². The highest BCUT2D eigenvalue weighted by molar-refractivity contribution is 8.15. The number of halogens is 2. The minimum Gasteiger partial charge on any atom is -0.211 e. The van der Waals surface area contributed by atoms with Crippen LogP contribution in [0.2, 0.25) is 0 Å². The Labute approximate surface area is 70.9 Å². The van der Waals surface area contributed by atoms with Gasteiger partial charge in [0.2, 0.25) is 9.05 Å². The van der Waals surface area contributed by atoms with Gasteiger partial charge in [-0.25, -0.2) is 8.42 Å². The van der Waals surface area contributed by atoms with Crippen LogP contribution in [0, 0.1) is 5.41 Å². The minimum atomic E-state index is -3.62. The van der Waals surface area contributed by atoms with Crippen molar-refractivity contribution < 1.29 is 8.42 Å². The minimum absolute atomic E-state index is 0.512. The highest BCUT2D eigenvalue weighted by Crippen LogP contribution is 2.30. The van der Waals surface area contributed by atoms with Gasteiger partial charge >= 0.3 is 0 Å². The first-order chi connectivity index (χ1) is 4.15. The quantitative estimate of drug-likeness (QED) is 0.485. The molecule has 62 valence electrons. The molecule has 0 aromatic carbocycles. The van der Waals surface area contributed by atoms with E-state index in [-0.39, 0.29) is 0 Å². The fourth-order valence-corrected chi connectivity index (χ4v) is 2.07. The van der Waals surface area contributed by atoms with Crippen molar-refractivity contribution >= 4 is 31.3 Å². The molecule has 0 heterocycles.